The lowest BCUT2D eigenvalue weighted by Gasteiger charge is -2.10. The largest absolute Gasteiger partial charge is 0.453 e. The van der Waals surface area contributed by atoms with Crippen molar-refractivity contribution < 1.29 is 27.9 Å². The van der Waals surface area contributed by atoms with Crippen LogP contribution in [-0.2, 0) is 4.79 Å². The molecule has 7 nitrogen and oxygen atoms in total. The Kier molecular flexibility index (Phi) is 5.17. The highest BCUT2D eigenvalue weighted by atomic mass is 16.5. The van der Waals surface area contributed by atoms with E-state index in [1.807, 2.05) is 6.07 Å². The summed E-state index contributed by atoms with van der Waals surface area (Å²) in [7, 11) is 0. The Hall–Kier alpha value is -4.13. The number of rotatable bonds is 4. The van der Waals surface area contributed by atoms with E-state index >= 15 is 0 Å². The van der Waals surface area contributed by atoms with Crippen LogP contribution in [0.4, 0.5) is 0 Å². The Morgan fingerprint density at radius 1 is 0.871 bits per heavy atom. The van der Waals surface area contributed by atoms with Gasteiger partial charge in [0, 0.05) is 17.9 Å². The van der Waals surface area contributed by atoms with Crippen molar-refractivity contribution in [1.82, 2.24) is 0 Å². The zero-order valence-corrected chi connectivity index (χ0v) is 17.1. The molecule has 0 spiro atoms. The Labute approximate surface area is 176 Å². The molecule has 0 atom stereocenters. The fourth-order valence-corrected chi connectivity index (χ4v) is 3.19. The molecular weight excluding hydrogens is 400 g/mol. The van der Waals surface area contributed by atoms with Gasteiger partial charge in [0.05, 0.1) is 11.1 Å². The molecule has 0 saturated heterocycles. The molecule has 0 fully saturated rings. The lowest BCUT2D eigenvalue weighted by Crippen LogP contribution is -2.12. The molecule has 4 rings (SSSR count). The van der Waals surface area contributed by atoms with Crippen molar-refractivity contribution >= 4 is 22.9 Å². The van der Waals surface area contributed by atoms with E-state index in [4.69, 9.17) is 18.3 Å². The van der Waals surface area contributed by atoms with Gasteiger partial charge >= 0.3 is 17.6 Å². The second-order valence-corrected chi connectivity index (χ2v) is 6.96. The number of furan rings is 1. The molecule has 31 heavy (non-hydrogen) atoms. The monoisotopic (exact) mass is 418 g/mol. The second kappa shape index (κ2) is 7.95. The van der Waals surface area contributed by atoms with Crippen LogP contribution in [-0.4, -0.2) is 11.9 Å². The third-order valence-corrected chi connectivity index (χ3v) is 4.70. The third-order valence-electron chi connectivity index (χ3n) is 4.70. The van der Waals surface area contributed by atoms with Crippen LogP contribution in [0.1, 0.15) is 28.4 Å². The lowest BCUT2D eigenvalue weighted by molar-refractivity contribution is -0.132. The number of hydrogen-bond donors (Lipinski definition) is 0. The molecule has 2 aromatic heterocycles. The van der Waals surface area contributed by atoms with Gasteiger partial charge in [0.1, 0.15) is 17.1 Å². The highest BCUT2D eigenvalue weighted by molar-refractivity contribution is 5.92. The Morgan fingerprint density at radius 3 is 2.32 bits per heavy atom. The van der Waals surface area contributed by atoms with Crippen LogP contribution >= 0.6 is 0 Å². The van der Waals surface area contributed by atoms with E-state index in [1.54, 1.807) is 55.5 Å². The first kappa shape index (κ1) is 20.2. The van der Waals surface area contributed by atoms with E-state index < -0.39 is 17.6 Å². The second-order valence-electron chi connectivity index (χ2n) is 6.96. The zero-order valence-electron chi connectivity index (χ0n) is 17.1. The van der Waals surface area contributed by atoms with Crippen molar-refractivity contribution in [2.45, 2.75) is 20.8 Å². The topological polar surface area (TPSA) is 96.0 Å². The van der Waals surface area contributed by atoms with Crippen molar-refractivity contribution in [2.75, 3.05) is 0 Å². The molecule has 0 aliphatic carbocycles. The first-order valence-corrected chi connectivity index (χ1v) is 9.47. The molecule has 7 heteroatoms. The molecule has 0 aliphatic heterocycles. The van der Waals surface area contributed by atoms with Crippen molar-refractivity contribution in [3.8, 4) is 23.0 Å². The molecule has 156 valence electrons. The number of hydrogen-bond acceptors (Lipinski definition) is 7. The molecule has 0 amide bonds. The van der Waals surface area contributed by atoms with Crippen LogP contribution in [0.5, 0.6) is 11.5 Å². The highest BCUT2D eigenvalue weighted by Gasteiger charge is 2.21. The summed E-state index contributed by atoms with van der Waals surface area (Å²) in [5.74, 6) is -0.0872. The lowest BCUT2D eigenvalue weighted by atomic mass is 10.1. The molecule has 0 aliphatic rings. The standard InChI is InChI=1S/C24H18O7/c1-13-21(28-15(3)25)14(2)23(26)31-22(13)20-12-17-11-18(9-10-19(17)30-20)29-24(27)16-7-5-4-6-8-16/h4-12H,1-3H3. The van der Waals surface area contributed by atoms with Gasteiger partial charge in [-0.2, -0.15) is 0 Å². The molecular formula is C24H18O7. The number of carbonyl (C=O) groups excluding carboxylic acids is 2. The SMILES string of the molecule is CC(=O)Oc1c(C)c(-c2cc3cc(OC(=O)c4ccccc4)ccc3o2)oc(=O)c1C. The molecule has 0 bridgehead atoms. The fraction of sp³-hybridized carbons (Fsp3) is 0.125. The Balaban J connectivity index is 1.71. The highest BCUT2D eigenvalue weighted by Crippen LogP contribution is 2.35. The minimum Gasteiger partial charge on any atom is -0.453 e. The number of ether oxygens (including phenoxy) is 2. The zero-order chi connectivity index (χ0) is 22.1. The van der Waals surface area contributed by atoms with Crippen LogP contribution in [0.2, 0.25) is 0 Å². The predicted molar refractivity (Wildman–Crippen MR) is 112 cm³/mol. The van der Waals surface area contributed by atoms with Gasteiger partial charge in [0.15, 0.2) is 11.5 Å². The summed E-state index contributed by atoms with van der Waals surface area (Å²) in [5, 5.41) is 0.644. The molecule has 0 N–H and O–H groups in total. The van der Waals surface area contributed by atoms with Gasteiger partial charge in [-0.15, -0.1) is 0 Å². The van der Waals surface area contributed by atoms with E-state index in [-0.39, 0.29) is 22.8 Å². The van der Waals surface area contributed by atoms with Crippen LogP contribution in [0.25, 0.3) is 22.5 Å². The summed E-state index contributed by atoms with van der Waals surface area (Å²) < 4.78 is 21.9. The van der Waals surface area contributed by atoms with Crippen molar-refractivity contribution in [3.05, 3.63) is 81.7 Å². The first-order valence-electron chi connectivity index (χ1n) is 9.47. The molecule has 0 unspecified atom stereocenters. The summed E-state index contributed by atoms with van der Waals surface area (Å²) in [4.78, 5) is 35.9. The molecule has 2 aromatic carbocycles. The maximum absolute atomic E-state index is 12.3. The van der Waals surface area contributed by atoms with Crippen molar-refractivity contribution in [1.29, 1.82) is 0 Å². The summed E-state index contributed by atoms with van der Waals surface area (Å²) >= 11 is 0. The quantitative estimate of drug-likeness (QED) is 0.346. The van der Waals surface area contributed by atoms with E-state index in [9.17, 15) is 14.4 Å². The van der Waals surface area contributed by atoms with Crippen LogP contribution < -0.4 is 15.1 Å². The molecule has 2 heterocycles. The normalized spacial score (nSPS) is 10.8. The van der Waals surface area contributed by atoms with Gasteiger partial charge in [0.25, 0.3) is 0 Å². The van der Waals surface area contributed by atoms with Gasteiger partial charge < -0.3 is 18.3 Å². The molecule has 4 aromatic rings. The molecule has 0 radical (unpaired) electrons. The number of fused-ring (bicyclic) bond motifs is 1. The predicted octanol–water partition coefficient (Wildman–Crippen LogP) is 4.81. The summed E-state index contributed by atoms with van der Waals surface area (Å²) in [5.41, 5.74) is 0.969. The van der Waals surface area contributed by atoms with E-state index in [0.29, 0.717) is 27.8 Å². The van der Waals surface area contributed by atoms with Crippen LogP contribution in [0, 0.1) is 13.8 Å². The summed E-state index contributed by atoms with van der Waals surface area (Å²) in [6.07, 6.45) is 0. The number of benzene rings is 2. The van der Waals surface area contributed by atoms with E-state index in [1.165, 1.54) is 13.8 Å². The summed E-state index contributed by atoms with van der Waals surface area (Å²) in [6, 6.07) is 15.2. The van der Waals surface area contributed by atoms with Crippen LogP contribution in [0.15, 0.2) is 68.2 Å². The van der Waals surface area contributed by atoms with Gasteiger partial charge in [-0.25, -0.2) is 9.59 Å². The molecule has 0 saturated carbocycles. The van der Waals surface area contributed by atoms with Gasteiger partial charge in [0.2, 0.25) is 0 Å². The average molecular weight is 418 g/mol. The number of esters is 2. The number of carbonyl (C=O) groups is 2. The smallest absolute Gasteiger partial charge is 0.343 e. The van der Waals surface area contributed by atoms with Crippen LogP contribution in [0.3, 0.4) is 0 Å². The third kappa shape index (κ3) is 3.98. The average Bonchev–Trinajstić information content (AvgIpc) is 3.17. The Morgan fingerprint density at radius 2 is 1.61 bits per heavy atom. The van der Waals surface area contributed by atoms with E-state index in [0.717, 1.165) is 0 Å². The minimum absolute atomic E-state index is 0.150. The minimum atomic E-state index is -0.630. The first-order chi connectivity index (χ1) is 14.8. The van der Waals surface area contributed by atoms with Gasteiger partial charge in [-0.3, -0.25) is 4.79 Å². The van der Waals surface area contributed by atoms with Crippen molar-refractivity contribution in [2.24, 2.45) is 0 Å². The van der Waals surface area contributed by atoms with Gasteiger partial charge in [-0.1, -0.05) is 18.2 Å². The maximum Gasteiger partial charge on any atom is 0.343 e. The summed E-state index contributed by atoms with van der Waals surface area (Å²) in [6.45, 7) is 4.45. The van der Waals surface area contributed by atoms with Crippen molar-refractivity contribution in [3.63, 3.8) is 0 Å². The van der Waals surface area contributed by atoms with Gasteiger partial charge in [-0.05, 0) is 50.2 Å². The fourth-order valence-electron chi connectivity index (χ4n) is 3.19. The maximum atomic E-state index is 12.3. The Bertz CT molecular complexity index is 1360. The van der Waals surface area contributed by atoms with E-state index in [2.05, 4.69) is 0 Å².